The van der Waals surface area contributed by atoms with Gasteiger partial charge in [-0.15, -0.1) is 11.3 Å². The Kier molecular flexibility index (Phi) is 4.40. The third-order valence-electron chi connectivity index (χ3n) is 2.87. The predicted octanol–water partition coefficient (Wildman–Crippen LogP) is 2.21. The van der Waals surface area contributed by atoms with E-state index in [1.54, 1.807) is 37.8 Å². The summed E-state index contributed by atoms with van der Waals surface area (Å²) in [6.07, 6.45) is 1.64. The summed E-state index contributed by atoms with van der Waals surface area (Å²) in [5.74, 6) is -0.253. The van der Waals surface area contributed by atoms with Crippen molar-refractivity contribution in [2.24, 2.45) is 7.05 Å². The summed E-state index contributed by atoms with van der Waals surface area (Å²) in [5, 5.41) is 6.92. The van der Waals surface area contributed by atoms with Crippen molar-refractivity contribution in [1.29, 1.82) is 0 Å². The first-order valence-electron chi connectivity index (χ1n) is 6.04. The van der Waals surface area contributed by atoms with Crippen molar-refractivity contribution in [3.05, 3.63) is 34.5 Å². The van der Waals surface area contributed by atoms with E-state index in [-0.39, 0.29) is 16.2 Å². The molecule has 0 saturated carbocycles. The Morgan fingerprint density at radius 3 is 2.62 bits per heavy atom. The maximum Gasteiger partial charge on any atom is 0.270 e. The molecule has 0 spiro atoms. The van der Waals surface area contributed by atoms with E-state index in [4.69, 9.17) is 10.7 Å². The summed E-state index contributed by atoms with van der Waals surface area (Å²) >= 11 is 1.04. The molecule has 1 N–H and O–H groups in total. The Bertz CT molecular complexity index is 780. The van der Waals surface area contributed by atoms with E-state index in [1.165, 1.54) is 6.07 Å². The Labute approximate surface area is 131 Å². The van der Waals surface area contributed by atoms with E-state index >= 15 is 0 Å². The normalized spacial score (nSPS) is 13.1. The second-order valence-corrected chi connectivity index (χ2v) is 8.50. The highest BCUT2D eigenvalue weighted by Crippen LogP contribution is 2.28. The van der Waals surface area contributed by atoms with Gasteiger partial charge in [-0.3, -0.25) is 9.48 Å². The summed E-state index contributed by atoms with van der Waals surface area (Å²) in [6.45, 7) is 3.53. The molecular formula is C12H14ClN3O3S2. The van der Waals surface area contributed by atoms with E-state index in [0.717, 1.165) is 11.3 Å². The van der Waals surface area contributed by atoms with Crippen LogP contribution in [0.5, 0.6) is 0 Å². The Morgan fingerprint density at radius 2 is 2.14 bits per heavy atom. The molecule has 114 valence electrons. The molecule has 21 heavy (non-hydrogen) atoms. The fourth-order valence-electron chi connectivity index (χ4n) is 1.87. The van der Waals surface area contributed by atoms with Crippen molar-refractivity contribution in [3.63, 3.8) is 0 Å². The third-order valence-corrected chi connectivity index (χ3v) is 6.24. The first-order valence-corrected chi connectivity index (χ1v) is 9.16. The standard InChI is InChI=1S/C12H14ClN3O3S2/c1-7-9(6-16(3)15-7)12(17)14-8(2)10-4-5-11(20-10)21(13,18)19/h4-6,8H,1-3H3,(H,14,17). The van der Waals surface area contributed by atoms with Crippen LogP contribution in [0.2, 0.25) is 0 Å². The highest BCUT2D eigenvalue weighted by atomic mass is 35.7. The van der Waals surface area contributed by atoms with Crippen molar-refractivity contribution < 1.29 is 13.2 Å². The molecule has 0 aromatic carbocycles. The lowest BCUT2D eigenvalue weighted by molar-refractivity contribution is 0.0940. The van der Waals surface area contributed by atoms with Gasteiger partial charge in [0.15, 0.2) is 0 Å². The van der Waals surface area contributed by atoms with E-state index < -0.39 is 9.05 Å². The number of halogens is 1. The van der Waals surface area contributed by atoms with Gasteiger partial charge in [-0.1, -0.05) is 0 Å². The lowest BCUT2D eigenvalue weighted by atomic mass is 10.2. The third kappa shape index (κ3) is 3.63. The van der Waals surface area contributed by atoms with Crippen LogP contribution in [0, 0.1) is 6.92 Å². The van der Waals surface area contributed by atoms with Gasteiger partial charge in [0.05, 0.1) is 17.3 Å². The fourth-order valence-corrected chi connectivity index (χ4v) is 3.96. The van der Waals surface area contributed by atoms with Crippen molar-refractivity contribution >= 4 is 37.0 Å². The monoisotopic (exact) mass is 347 g/mol. The minimum Gasteiger partial charge on any atom is -0.345 e. The zero-order valence-electron chi connectivity index (χ0n) is 11.6. The van der Waals surface area contributed by atoms with Crippen LogP contribution in [0.25, 0.3) is 0 Å². The first-order chi connectivity index (χ1) is 9.68. The molecule has 1 atom stereocenters. The summed E-state index contributed by atoms with van der Waals surface area (Å²) in [4.78, 5) is 12.9. The molecule has 0 aliphatic carbocycles. The van der Waals surface area contributed by atoms with Gasteiger partial charge in [-0.25, -0.2) is 8.42 Å². The number of hydrogen-bond acceptors (Lipinski definition) is 5. The molecule has 2 aromatic rings. The summed E-state index contributed by atoms with van der Waals surface area (Å²) in [6, 6.07) is 2.75. The molecule has 0 aliphatic rings. The summed E-state index contributed by atoms with van der Waals surface area (Å²) in [7, 11) is 3.29. The maximum atomic E-state index is 12.2. The Morgan fingerprint density at radius 1 is 1.48 bits per heavy atom. The number of nitrogens with one attached hydrogen (secondary N) is 1. The number of aryl methyl sites for hydroxylation is 2. The van der Waals surface area contributed by atoms with Crippen LogP contribution in [-0.2, 0) is 16.1 Å². The predicted molar refractivity (Wildman–Crippen MR) is 81.2 cm³/mol. The van der Waals surface area contributed by atoms with Gasteiger partial charge < -0.3 is 5.32 Å². The molecule has 0 bridgehead atoms. The maximum absolute atomic E-state index is 12.2. The largest absolute Gasteiger partial charge is 0.345 e. The van der Waals surface area contributed by atoms with Gasteiger partial charge in [-0.05, 0) is 26.0 Å². The van der Waals surface area contributed by atoms with Crippen LogP contribution in [0.3, 0.4) is 0 Å². The molecule has 2 heterocycles. The quantitative estimate of drug-likeness (QED) is 0.860. The van der Waals surface area contributed by atoms with Crippen LogP contribution >= 0.6 is 22.0 Å². The molecule has 6 nitrogen and oxygen atoms in total. The first kappa shape index (κ1) is 16.0. The number of hydrogen-bond donors (Lipinski definition) is 1. The van der Waals surface area contributed by atoms with Crippen molar-refractivity contribution in [2.75, 3.05) is 0 Å². The molecule has 2 rings (SSSR count). The van der Waals surface area contributed by atoms with Crippen molar-refractivity contribution in [3.8, 4) is 0 Å². The van der Waals surface area contributed by atoms with Crippen LogP contribution in [0.4, 0.5) is 0 Å². The lowest BCUT2D eigenvalue weighted by Crippen LogP contribution is -2.26. The van der Waals surface area contributed by atoms with E-state index in [0.29, 0.717) is 16.1 Å². The van der Waals surface area contributed by atoms with Gasteiger partial charge in [0, 0.05) is 28.8 Å². The van der Waals surface area contributed by atoms with Crippen molar-refractivity contribution in [2.45, 2.75) is 24.1 Å². The number of carbonyl (C=O) groups is 1. The molecule has 0 fully saturated rings. The average molecular weight is 348 g/mol. The molecular weight excluding hydrogens is 334 g/mol. The number of aromatic nitrogens is 2. The summed E-state index contributed by atoms with van der Waals surface area (Å²) < 4.78 is 24.1. The smallest absolute Gasteiger partial charge is 0.270 e. The molecule has 0 radical (unpaired) electrons. The topological polar surface area (TPSA) is 81.1 Å². The Balaban J connectivity index is 2.14. The second kappa shape index (κ2) is 5.78. The zero-order chi connectivity index (χ0) is 15.8. The van der Waals surface area contributed by atoms with E-state index in [2.05, 4.69) is 10.4 Å². The van der Waals surface area contributed by atoms with Gasteiger partial charge in [0.2, 0.25) is 0 Å². The highest BCUT2D eigenvalue weighted by Gasteiger charge is 2.19. The van der Waals surface area contributed by atoms with Gasteiger partial charge in [-0.2, -0.15) is 5.10 Å². The minimum atomic E-state index is -3.73. The highest BCUT2D eigenvalue weighted by molar-refractivity contribution is 8.15. The van der Waals surface area contributed by atoms with E-state index in [1.807, 2.05) is 0 Å². The number of amides is 1. The Hall–Kier alpha value is -1.38. The van der Waals surface area contributed by atoms with Gasteiger partial charge in [0.1, 0.15) is 4.21 Å². The average Bonchev–Trinajstić information content (AvgIpc) is 2.95. The molecule has 9 heteroatoms. The zero-order valence-corrected chi connectivity index (χ0v) is 14.0. The molecule has 1 unspecified atom stereocenters. The molecule has 0 saturated heterocycles. The second-order valence-electron chi connectivity index (χ2n) is 4.59. The van der Waals surface area contributed by atoms with Gasteiger partial charge >= 0.3 is 0 Å². The number of rotatable bonds is 4. The van der Waals surface area contributed by atoms with Crippen LogP contribution in [-0.4, -0.2) is 24.1 Å². The molecule has 1 amide bonds. The number of nitrogens with zero attached hydrogens (tertiary/aromatic N) is 2. The summed E-state index contributed by atoms with van der Waals surface area (Å²) in [5.41, 5.74) is 1.13. The lowest BCUT2D eigenvalue weighted by Gasteiger charge is -2.11. The van der Waals surface area contributed by atoms with Crippen LogP contribution in [0.15, 0.2) is 22.5 Å². The molecule has 0 aliphatic heterocycles. The van der Waals surface area contributed by atoms with Crippen LogP contribution in [0.1, 0.15) is 33.9 Å². The number of thiophene rings is 1. The van der Waals surface area contributed by atoms with Gasteiger partial charge in [0.25, 0.3) is 15.0 Å². The minimum absolute atomic E-state index is 0.0674. The van der Waals surface area contributed by atoms with Crippen molar-refractivity contribution in [1.82, 2.24) is 15.1 Å². The van der Waals surface area contributed by atoms with E-state index in [9.17, 15) is 13.2 Å². The SMILES string of the molecule is Cc1nn(C)cc1C(=O)NC(C)c1ccc(S(=O)(=O)Cl)s1. The molecule has 2 aromatic heterocycles. The fraction of sp³-hybridized carbons (Fsp3) is 0.333. The number of carbonyl (C=O) groups excluding carboxylic acids is 1. The van der Waals surface area contributed by atoms with Crippen LogP contribution < -0.4 is 5.32 Å².